The van der Waals surface area contributed by atoms with Gasteiger partial charge in [0.15, 0.2) is 0 Å². The van der Waals surface area contributed by atoms with Crippen LogP contribution >= 0.6 is 0 Å². The molecule has 0 amide bonds. The third-order valence-electron chi connectivity index (χ3n) is 5.40. The fourth-order valence-corrected chi connectivity index (χ4v) is 3.92. The van der Waals surface area contributed by atoms with Crippen LogP contribution in [0.1, 0.15) is 49.9 Å². The molecule has 0 bridgehead atoms. The molecule has 3 rings (SSSR count). The summed E-state index contributed by atoms with van der Waals surface area (Å²) in [4.78, 5) is 21.5. The molecule has 0 aromatic carbocycles. The van der Waals surface area contributed by atoms with Crippen molar-refractivity contribution in [2.45, 2.75) is 45.6 Å². The van der Waals surface area contributed by atoms with Crippen LogP contribution in [-0.4, -0.2) is 54.7 Å². The maximum atomic E-state index is 12.2. The molecule has 0 atom stereocenters. The van der Waals surface area contributed by atoms with Crippen LogP contribution in [0.2, 0.25) is 0 Å². The van der Waals surface area contributed by atoms with Crippen LogP contribution in [0.5, 0.6) is 0 Å². The lowest BCUT2D eigenvalue weighted by Crippen LogP contribution is -2.51. The van der Waals surface area contributed by atoms with Crippen LogP contribution in [0.3, 0.4) is 0 Å². The first kappa shape index (κ1) is 17.2. The lowest BCUT2D eigenvalue weighted by molar-refractivity contribution is 0.0526. The SMILES string of the molecule is CCOC(=O)c1cccnc1N1CCN(C2CCC(C)CC2)CC1. The van der Waals surface area contributed by atoms with Gasteiger partial charge in [0.2, 0.25) is 0 Å². The van der Waals surface area contributed by atoms with Gasteiger partial charge in [0, 0.05) is 38.4 Å². The number of rotatable bonds is 4. The van der Waals surface area contributed by atoms with Crippen molar-refractivity contribution in [1.29, 1.82) is 0 Å². The van der Waals surface area contributed by atoms with Crippen molar-refractivity contribution in [3.63, 3.8) is 0 Å². The zero-order chi connectivity index (χ0) is 16.9. The second kappa shape index (κ2) is 7.97. The molecule has 2 aliphatic rings. The van der Waals surface area contributed by atoms with Crippen molar-refractivity contribution in [2.24, 2.45) is 5.92 Å². The molecule has 2 heterocycles. The highest BCUT2D eigenvalue weighted by atomic mass is 16.5. The number of carbonyl (C=O) groups excluding carboxylic acids is 1. The van der Waals surface area contributed by atoms with Gasteiger partial charge in [0.25, 0.3) is 0 Å². The van der Waals surface area contributed by atoms with Crippen molar-refractivity contribution in [3.8, 4) is 0 Å². The van der Waals surface area contributed by atoms with Crippen molar-refractivity contribution >= 4 is 11.8 Å². The number of carbonyl (C=O) groups is 1. The summed E-state index contributed by atoms with van der Waals surface area (Å²) in [6, 6.07) is 4.36. The summed E-state index contributed by atoms with van der Waals surface area (Å²) in [6.45, 7) is 8.55. The second-order valence-electron chi connectivity index (χ2n) is 7.03. The Kier molecular flexibility index (Phi) is 5.72. The molecule has 0 radical (unpaired) electrons. The van der Waals surface area contributed by atoms with Gasteiger partial charge in [-0.1, -0.05) is 6.92 Å². The molecule has 1 aliphatic heterocycles. The lowest BCUT2D eigenvalue weighted by atomic mass is 9.86. The quantitative estimate of drug-likeness (QED) is 0.794. The number of pyridine rings is 1. The Morgan fingerprint density at radius 3 is 2.58 bits per heavy atom. The number of nitrogens with zero attached hydrogens (tertiary/aromatic N) is 3. The van der Waals surface area contributed by atoms with Gasteiger partial charge in [-0.25, -0.2) is 9.78 Å². The average Bonchev–Trinajstić information content (AvgIpc) is 2.63. The van der Waals surface area contributed by atoms with Crippen molar-refractivity contribution in [1.82, 2.24) is 9.88 Å². The molecule has 1 aromatic rings. The van der Waals surface area contributed by atoms with Crippen molar-refractivity contribution in [3.05, 3.63) is 23.9 Å². The minimum absolute atomic E-state index is 0.274. The Hall–Kier alpha value is -1.62. The van der Waals surface area contributed by atoms with Crippen LogP contribution < -0.4 is 4.90 Å². The van der Waals surface area contributed by atoms with Crippen LogP contribution in [0, 0.1) is 5.92 Å². The number of ether oxygens (including phenoxy) is 1. The molecule has 1 aliphatic carbocycles. The molecule has 0 unspecified atom stereocenters. The molecule has 1 saturated heterocycles. The van der Waals surface area contributed by atoms with E-state index in [0.29, 0.717) is 12.2 Å². The van der Waals surface area contributed by atoms with Gasteiger partial charge in [-0.3, -0.25) is 4.90 Å². The first-order chi connectivity index (χ1) is 11.7. The molecule has 5 nitrogen and oxygen atoms in total. The van der Waals surface area contributed by atoms with E-state index in [9.17, 15) is 4.79 Å². The van der Waals surface area contributed by atoms with Crippen molar-refractivity contribution < 1.29 is 9.53 Å². The van der Waals surface area contributed by atoms with Gasteiger partial charge >= 0.3 is 5.97 Å². The Labute approximate surface area is 145 Å². The maximum absolute atomic E-state index is 12.2. The van der Waals surface area contributed by atoms with Gasteiger partial charge in [0.05, 0.1) is 6.61 Å². The fraction of sp³-hybridized carbons (Fsp3) is 0.684. The number of hydrogen-bond donors (Lipinski definition) is 0. The average molecular weight is 331 g/mol. The monoisotopic (exact) mass is 331 g/mol. The third-order valence-corrected chi connectivity index (χ3v) is 5.40. The van der Waals surface area contributed by atoms with E-state index in [0.717, 1.165) is 44.0 Å². The Morgan fingerprint density at radius 2 is 1.92 bits per heavy atom. The smallest absolute Gasteiger partial charge is 0.341 e. The summed E-state index contributed by atoms with van der Waals surface area (Å²) < 4.78 is 5.17. The zero-order valence-corrected chi connectivity index (χ0v) is 14.9. The predicted molar refractivity (Wildman–Crippen MR) is 95.4 cm³/mol. The topological polar surface area (TPSA) is 45.7 Å². The largest absolute Gasteiger partial charge is 0.462 e. The third kappa shape index (κ3) is 3.89. The highest BCUT2D eigenvalue weighted by Gasteiger charge is 2.28. The highest BCUT2D eigenvalue weighted by molar-refractivity contribution is 5.94. The van der Waals surface area contributed by atoms with E-state index in [-0.39, 0.29) is 5.97 Å². The standard InChI is InChI=1S/C19H29N3O2/c1-3-24-19(23)17-5-4-10-20-18(17)22-13-11-21(12-14-22)16-8-6-15(2)7-9-16/h4-5,10,15-16H,3,6-9,11-14H2,1-2H3. The van der Waals surface area contributed by atoms with Crippen LogP contribution in [0.4, 0.5) is 5.82 Å². The number of esters is 1. The lowest BCUT2D eigenvalue weighted by Gasteiger charge is -2.42. The highest BCUT2D eigenvalue weighted by Crippen LogP contribution is 2.28. The molecule has 24 heavy (non-hydrogen) atoms. The molecule has 0 N–H and O–H groups in total. The molecular weight excluding hydrogens is 302 g/mol. The summed E-state index contributed by atoms with van der Waals surface area (Å²) in [5.41, 5.74) is 0.583. The molecule has 132 valence electrons. The predicted octanol–water partition coefficient (Wildman–Crippen LogP) is 2.96. The van der Waals surface area contributed by atoms with Crippen LogP contribution in [0.15, 0.2) is 18.3 Å². The van der Waals surface area contributed by atoms with Gasteiger partial charge < -0.3 is 9.64 Å². The van der Waals surface area contributed by atoms with E-state index < -0.39 is 0 Å². The minimum Gasteiger partial charge on any atom is -0.462 e. The number of anilines is 1. The molecule has 5 heteroatoms. The van der Waals surface area contributed by atoms with E-state index >= 15 is 0 Å². The van der Waals surface area contributed by atoms with Crippen LogP contribution in [0.25, 0.3) is 0 Å². The molecule has 1 aromatic heterocycles. The fourth-order valence-electron chi connectivity index (χ4n) is 3.92. The first-order valence-electron chi connectivity index (χ1n) is 9.30. The summed E-state index contributed by atoms with van der Waals surface area (Å²) in [5.74, 6) is 1.39. The zero-order valence-electron chi connectivity index (χ0n) is 14.9. The number of piperazine rings is 1. The van der Waals surface area contributed by atoms with Gasteiger partial charge in [-0.15, -0.1) is 0 Å². The van der Waals surface area contributed by atoms with Crippen molar-refractivity contribution in [2.75, 3.05) is 37.7 Å². The molecular formula is C19H29N3O2. The van der Waals surface area contributed by atoms with Crippen LogP contribution in [-0.2, 0) is 4.74 Å². The summed E-state index contributed by atoms with van der Waals surface area (Å²) in [6.07, 6.45) is 7.14. The van der Waals surface area contributed by atoms with E-state index in [4.69, 9.17) is 4.74 Å². The molecule has 2 fully saturated rings. The second-order valence-corrected chi connectivity index (χ2v) is 7.03. The van der Waals surface area contributed by atoms with Gasteiger partial charge in [-0.05, 0) is 50.7 Å². The first-order valence-corrected chi connectivity index (χ1v) is 9.30. The maximum Gasteiger partial charge on any atom is 0.341 e. The summed E-state index contributed by atoms with van der Waals surface area (Å²) in [5, 5.41) is 0. The molecule has 0 spiro atoms. The summed E-state index contributed by atoms with van der Waals surface area (Å²) >= 11 is 0. The van der Waals surface area contributed by atoms with Gasteiger partial charge in [-0.2, -0.15) is 0 Å². The van der Waals surface area contributed by atoms with E-state index in [1.54, 1.807) is 12.3 Å². The van der Waals surface area contributed by atoms with E-state index in [2.05, 4.69) is 21.7 Å². The Balaban J connectivity index is 1.62. The Bertz CT molecular complexity index is 547. The minimum atomic E-state index is -0.274. The summed E-state index contributed by atoms with van der Waals surface area (Å²) in [7, 11) is 0. The van der Waals surface area contributed by atoms with E-state index in [1.807, 2.05) is 13.0 Å². The molecule has 1 saturated carbocycles. The number of aromatic nitrogens is 1. The van der Waals surface area contributed by atoms with E-state index in [1.165, 1.54) is 25.7 Å². The normalized spacial score (nSPS) is 25.5. The Morgan fingerprint density at radius 1 is 1.21 bits per heavy atom. The van der Waals surface area contributed by atoms with Gasteiger partial charge in [0.1, 0.15) is 11.4 Å². The number of hydrogen-bond acceptors (Lipinski definition) is 5.